The monoisotopic (exact) mass is 355 g/mol. The first kappa shape index (κ1) is 20.3. The molecule has 1 aromatic carbocycles. The molecule has 0 aliphatic rings. The van der Waals surface area contributed by atoms with E-state index >= 15 is 0 Å². The topological polar surface area (TPSA) is 79.5 Å². The fraction of sp³-hybridized carbons (Fsp3) is 0.529. The highest BCUT2D eigenvalue weighted by Gasteiger charge is 2.21. The van der Waals surface area contributed by atoms with Crippen LogP contribution in [0.15, 0.2) is 24.3 Å². The van der Waals surface area contributed by atoms with Crippen LogP contribution in [0.4, 0.5) is 4.79 Å². The summed E-state index contributed by atoms with van der Waals surface area (Å²) < 4.78 is 4.84. The predicted octanol–water partition coefficient (Wildman–Crippen LogP) is 2.07. The Morgan fingerprint density at radius 1 is 1.17 bits per heavy atom. The molecule has 1 aromatic rings. The second-order valence-electron chi connectivity index (χ2n) is 6.10. The zero-order valence-electron chi connectivity index (χ0n) is 14.4. The van der Waals surface area contributed by atoms with Gasteiger partial charge in [0.15, 0.2) is 0 Å². The normalized spacial score (nSPS) is 11.0. The van der Waals surface area contributed by atoms with E-state index in [-0.39, 0.29) is 30.3 Å². The van der Waals surface area contributed by atoms with Gasteiger partial charge in [0.05, 0.1) is 6.61 Å². The number of amides is 3. The molecule has 3 amide bonds. The van der Waals surface area contributed by atoms with Crippen LogP contribution in [0.5, 0.6) is 0 Å². The smallest absolute Gasteiger partial charge is 0.314 e. The number of nitrogens with one attached hydrogen (secondary N) is 3. The van der Waals surface area contributed by atoms with E-state index in [1.54, 1.807) is 7.11 Å². The van der Waals surface area contributed by atoms with Crippen molar-refractivity contribution in [3.8, 4) is 0 Å². The maximum absolute atomic E-state index is 11.8. The molecule has 0 spiro atoms. The third-order valence-corrected chi connectivity index (χ3v) is 3.80. The van der Waals surface area contributed by atoms with Crippen molar-refractivity contribution in [3.05, 3.63) is 34.9 Å². The maximum Gasteiger partial charge on any atom is 0.314 e. The van der Waals surface area contributed by atoms with Crippen LogP contribution in [0.2, 0.25) is 5.02 Å². The molecule has 7 heteroatoms. The summed E-state index contributed by atoms with van der Waals surface area (Å²) in [6, 6.07) is 7.29. The minimum atomic E-state index is -0.296. The summed E-state index contributed by atoms with van der Waals surface area (Å²) in [5.41, 5.74) is 0.799. The van der Waals surface area contributed by atoms with E-state index in [0.29, 0.717) is 24.7 Å². The number of methoxy groups -OCH3 is 1. The largest absolute Gasteiger partial charge is 0.383 e. The Labute approximate surface area is 148 Å². The highest BCUT2D eigenvalue weighted by molar-refractivity contribution is 6.30. The number of benzene rings is 1. The van der Waals surface area contributed by atoms with Crippen molar-refractivity contribution in [1.29, 1.82) is 0 Å². The van der Waals surface area contributed by atoms with Crippen LogP contribution < -0.4 is 16.0 Å². The van der Waals surface area contributed by atoms with Gasteiger partial charge in [-0.25, -0.2) is 4.79 Å². The minimum Gasteiger partial charge on any atom is -0.383 e. The molecule has 0 heterocycles. The van der Waals surface area contributed by atoms with Crippen LogP contribution >= 0.6 is 11.6 Å². The number of ether oxygens (including phenoxy) is 1. The molecule has 0 aromatic heterocycles. The van der Waals surface area contributed by atoms with Gasteiger partial charge in [-0.3, -0.25) is 4.79 Å². The van der Waals surface area contributed by atoms with Gasteiger partial charge in [-0.05, 0) is 17.7 Å². The van der Waals surface area contributed by atoms with E-state index in [1.807, 2.05) is 38.1 Å². The number of carbonyl (C=O) groups is 2. The van der Waals surface area contributed by atoms with Gasteiger partial charge in [-0.1, -0.05) is 37.6 Å². The van der Waals surface area contributed by atoms with Crippen LogP contribution in [-0.2, 0) is 14.9 Å². The van der Waals surface area contributed by atoms with E-state index in [0.717, 1.165) is 5.56 Å². The summed E-state index contributed by atoms with van der Waals surface area (Å²) in [5, 5.41) is 8.86. The van der Waals surface area contributed by atoms with E-state index in [9.17, 15) is 9.59 Å². The summed E-state index contributed by atoms with van der Waals surface area (Å²) in [4.78, 5) is 23.3. The zero-order chi connectivity index (χ0) is 18.0. The molecule has 3 N–H and O–H groups in total. The average molecular weight is 356 g/mol. The average Bonchev–Trinajstić information content (AvgIpc) is 2.53. The SMILES string of the molecule is COCCNC(=O)CCNC(=O)NCC(C)(C)c1cccc(Cl)c1. The van der Waals surface area contributed by atoms with Gasteiger partial charge in [-0.2, -0.15) is 0 Å². The molecular formula is C17H26ClN3O3. The van der Waals surface area contributed by atoms with E-state index in [4.69, 9.17) is 16.3 Å². The first-order chi connectivity index (χ1) is 11.3. The lowest BCUT2D eigenvalue weighted by atomic mass is 9.85. The molecule has 24 heavy (non-hydrogen) atoms. The molecular weight excluding hydrogens is 330 g/mol. The lowest BCUT2D eigenvalue weighted by molar-refractivity contribution is -0.121. The lowest BCUT2D eigenvalue weighted by Crippen LogP contribution is -2.43. The standard InChI is InChI=1S/C17H26ClN3O3/c1-17(2,13-5-4-6-14(18)11-13)12-21-16(23)20-8-7-15(22)19-9-10-24-3/h4-6,11H,7-10,12H2,1-3H3,(H,19,22)(H2,20,21,23). The van der Waals surface area contributed by atoms with Gasteiger partial charge in [0.1, 0.15) is 0 Å². The molecule has 0 fully saturated rings. The summed E-state index contributed by atoms with van der Waals surface area (Å²) >= 11 is 6.01. The van der Waals surface area contributed by atoms with Crippen molar-refractivity contribution < 1.29 is 14.3 Å². The van der Waals surface area contributed by atoms with Crippen LogP contribution in [0.25, 0.3) is 0 Å². The van der Waals surface area contributed by atoms with Gasteiger partial charge in [0.2, 0.25) is 5.91 Å². The summed E-state index contributed by atoms with van der Waals surface area (Å²) in [5.74, 6) is -0.119. The van der Waals surface area contributed by atoms with Gasteiger partial charge in [-0.15, -0.1) is 0 Å². The molecule has 0 atom stereocenters. The van der Waals surface area contributed by atoms with Gasteiger partial charge in [0, 0.05) is 43.6 Å². The van der Waals surface area contributed by atoms with Crippen molar-refractivity contribution in [1.82, 2.24) is 16.0 Å². The minimum absolute atomic E-state index is 0.119. The molecule has 0 bridgehead atoms. The zero-order valence-corrected chi connectivity index (χ0v) is 15.2. The number of urea groups is 1. The molecule has 0 saturated heterocycles. The predicted molar refractivity (Wildman–Crippen MR) is 95.4 cm³/mol. The van der Waals surface area contributed by atoms with E-state index in [2.05, 4.69) is 16.0 Å². The van der Waals surface area contributed by atoms with Crippen LogP contribution in [0.3, 0.4) is 0 Å². The number of halogens is 1. The number of hydrogen-bond donors (Lipinski definition) is 3. The first-order valence-corrected chi connectivity index (χ1v) is 8.26. The molecule has 134 valence electrons. The maximum atomic E-state index is 11.8. The lowest BCUT2D eigenvalue weighted by Gasteiger charge is -2.26. The number of hydrogen-bond acceptors (Lipinski definition) is 3. The van der Waals surface area contributed by atoms with Crippen molar-refractivity contribution in [2.45, 2.75) is 25.7 Å². The van der Waals surface area contributed by atoms with Gasteiger partial charge >= 0.3 is 6.03 Å². The highest BCUT2D eigenvalue weighted by Crippen LogP contribution is 2.24. The molecule has 1 rings (SSSR count). The van der Waals surface area contributed by atoms with Gasteiger partial charge < -0.3 is 20.7 Å². The Morgan fingerprint density at radius 2 is 1.92 bits per heavy atom. The summed E-state index contributed by atoms with van der Waals surface area (Å²) in [6.07, 6.45) is 0.231. The molecule has 0 aliphatic carbocycles. The molecule has 0 saturated carbocycles. The van der Waals surface area contributed by atoms with Crippen molar-refractivity contribution in [2.24, 2.45) is 0 Å². The summed E-state index contributed by atoms with van der Waals surface area (Å²) in [6.45, 7) is 5.74. The highest BCUT2D eigenvalue weighted by atomic mass is 35.5. The van der Waals surface area contributed by atoms with Crippen LogP contribution in [-0.4, -0.2) is 45.3 Å². The number of rotatable bonds is 9. The Bertz CT molecular complexity index is 550. The molecule has 0 radical (unpaired) electrons. The Balaban J connectivity index is 2.29. The van der Waals surface area contributed by atoms with Gasteiger partial charge in [0.25, 0.3) is 0 Å². The Kier molecular flexibility index (Phi) is 8.57. The number of carbonyl (C=O) groups excluding carboxylic acids is 2. The third kappa shape index (κ3) is 7.66. The first-order valence-electron chi connectivity index (χ1n) is 7.88. The van der Waals surface area contributed by atoms with E-state index in [1.165, 1.54) is 0 Å². The third-order valence-electron chi connectivity index (χ3n) is 3.56. The van der Waals surface area contributed by atoms with Crippen molar-refractivity contribution in [2.75, 3.05) is 33.4 Å². The van der Waals surface area contributed by atoms with E-state index < -0.39 is 0 Å². The Hall–Kier alpha value is -1.79. The second-order valence-corrected chi connectivity index (χ2v) is 6.53. The Morgan fingerprint density at radius 3 is 2.58 bits per heavy atom. The quantitative estimate of drug-likeness (QED) is 0.593. The summed E-state index contributed by atoms with van der Waals surface area (Å²) in [7, 11) is 1.57. The molecule has 6 nitrogen and oxygen atoms in total. The molecule has 0 unspecified atom stereocenters. The fourth-order valence-corrected chi connectivity index (χ4v) is 2.24. The van der Waals surface area contributed by atoms with Crippen LogP contribution in [0.1, 0.15) is 25.8 Å². The fourth-order valence-electron chi connectivity index (χ4n) is 2.05. The van der Waals surface area contributed by atoms with Crippen LogP contribution in [0, 0.1) is 0 Å². The molecule has 0 aliphatic heterocycles. The van der Waals surface area contributed by atoms with Crippen molar-refractivity contribution in [3.63, 3.8) is 0 Å². The second kappa shape index (κ2) is 10.2. The van der Waals surface area contributed by atoms with Crippen molar-refractivity contribution >= 4 is 23.5 Å².